The Morgan fingerprint density at radius 3 is 1.03 bits per heavy atom. The summed E-state index contributed by atoms with van der Waals surface area (Å²) >= 11 is 0. The van der Waals surface area contributed by atoms with Gasteiger partial charge in [0.1, 0.15) is 0 Å². The quantitative estimate of drug-likeness (QED) is 0.107. The van der Waals surface area contributed by atoms with Gasteiger partial charge in [0.2, 0.25) is 5.82 Å². The maximum atomic E-state index is 12.4. The van der Waals surface area contributed by atoms with Gasteiger partial charge in [-0.1, -0.05) is 63.8 Å². The molecule has 0 aromatic heterocycles. The first-order valence-corrected chi connectivity index (χ1v) is 11.6. The molecule has 0 aliphatic rings. The molecule has 1 atom stereocenters. The molecule has 0 spiro atoms. The highest BCUT2D eigenvalue weighted by Crippen LogP contribution is 2.30. The van der Waals surface area contributed by atoms with Crippen LogP contribution in [0.2, 0.25) is 0 Å². The molecule has 4 aromatic carbocycles. The molecule has 0 fully saturated rings. The van der Waals surface area contributed by atoms with Crippen LogP contribution in [-0.2, 0) is 10.9 Å². The van der Waals surface area contributed by atoms with E-state index in [1.807, 2.05) is 0 Å². The molecular weight excluding hydrogens is 505 g/mol. The highest BCUT2D eigenvalue weighted by atomic mass is 32.2. The third-order valence-corrected chi connectivity index (χ3v) is 6.92. The molecule has 2 N–H and O–H groups in total. The predicted molar refractivity (Wildman–Crippen MR) is 127 cm³/mol. The third kappa shape index (κ3) is 8.16. The SMILES string of the molecule is Fc1c(F)c(F)c(P)c(F)c1F.[O-]B(O)O.c1ccc([S+](c2ccccc2)c2ccccc2)cc1. The molecule has 0 heterocycles. The van der Waals surface area contributed by atoms with Gasteiger partial charge in [-0.05, 0) is 36.4 Å². The van der Waals surface area contributed by atoms with E-state index >= 15 is 0 Å². The van der Waals surface area contributed by atoms with E-state index in [2.05, 4.69) is 91.0 Å². The molecule has 3 nitrogen and oxygen atoms in total. The zero-order chi connectivity index (χ0) is 26.0. The van der Waals surface area contributed by atoms with Gasteiger partial charge in [0, 0.05) is 5.30 Å². The van der Waals surface area contributed by atoms with Crippen LogP contribution in [-0.4, -0.2) is 17.4 Å². The van der Waals surface area contributed by atoms with Crippen LogP contribution in [0.1, 0.15) is 0 Å². The first-order chi connectivity index (χ1) is 16.6. The van der Waals surface area contributed by atoms with Crippen molar-refractivity contribution in [2.45, 2.75) is 14.7 Å². The van der Waals surface area contributed by atoms with E-state index in [0.717, 1.165) is 0 Å². The van der Waals surface area contributed by atoms with Crippen molar-refractivity contribution in [3.63, 3.8) is 0 Å². The van der Waals surface area contributed by atoms with Crippen LogP contribution in [0.4, 0.5) is 22.0 Å². The second kappa shape index (κ2) is 14.0. The van der Waals surface area contributed by atoms with E-state index < -0.39 is 41.7 Å². The molecule has 0 saturated heterocycles. The lowest BCUT2D eigenvalue weighted by atomic mass is 10.3. The minimum Gasteiger partial charge on any atom is -0.832 e. The highest BCUT2D eigenvalue weighted by molar-refractivity contribution is 7.97. The number of hydrogen-bond acceptors (Lipinski definition) is 3. The van der Waals surface area contributed by atoms with E-state index in [1.165, 1.54) is 23.9 Å². The Morgan fingerprint density at radius 1 is 0.543 bits per heavy atom. The first-order valence-electron chi connectivity index (χ1n) is 9.83. The molecular formula is C24H19BF5O3PS. The molecule has 11 heteroatoms. The van der Waals surface area contributed by atoms with Crippen molar-refractivity contribution in [2.24, 2.45) is 0 Å². The van der Waals surface area contributed by atoms with E-state index in [0.29, 0.717) is 0 Å². The lowest BCUT2D eigenvalue weighted by Gasteiger charge is -2.07. The van der Waals surface area contributed by atoms with Gasteiger partial charge in [-0.3, -0.25) is 0 Å². The summed E-state index contributed by atoms with van der Waals surface area (Å²) in [5, 5.41) is 21.8. The second-order valence-electron chi connectivity index (χ2n) is 6.56. The van der Waals surface area contributed by atoms with Crippen molar-refractivity contribution in [3.05, 3.63) is 120 Å². The van der Waals surface area contributed by atoms with Crippen LogP contribution >= 0.6 is 9.24 Å². The van der Waals surface area contributed by atoms with Gasteiger partial charge >= 0.3 is 7.32 Å². The van der Waals surface area contributed by atoms with E-state index in [4.69, 9.17) is 15.1 Å². The fraction of sp³-hybridized carbons (Fsp3) is 0. The van der Waals surface area contributed by atoms with Gasteiger partial charge in [-0.25, -0.2) is 22.0 Å². The Bertz CT molecular complexity index is 1000. The van der Waals surface area contributed by atoms with Gasteiger partial charge in [0.25, 0.3) is 0 Å². The first kappa shape index (κ1) is 28.5. The normalized spacial score (nSPS) is 10.1. The van der Waals surface area contributed by atoms with E-state index in [1.54, 1.807) is 0 Å². The van der Waals surface area contributed by atoms with Crippen LogP contribution < -0.4 is 10.3 Å². The summed E-state index contributed by atoms with van der Waals surface area (Å²) < 4.78 is 61.5. The fourth-order valence-electron chi connectivity index (χ4n) is 2.70. The van der Waals surface area contributed by atoms with Crippen LogP contribution in [0, 0.1) is 29.1 Å². The molecule has 182 valence electrons. The summed E-state index contributed by atoms with van der Waals surface area (Å²) in [5.74, 6) is -9.65. The van der Waals surface area contributed by atoms with Gasteiger partial charge < -0.3 is 15.1 Å². The standard InChI is InChI=1S/C18H15S.C6H2F5P.BH2O3/c1-4-10-16(11-5-1)19(17-12-6-2-7-13-17)18-14-8-3-9-15-18;7-1-2(8)4(10)6(12)5(11)3(1)9;2-1(3)4/h1-15H;12H2;2-3H/q+1;;-1. The number of rotatable bonds is 3. The molecule has 0 bridgehead atoms. The minimum atomic E-state index is -2.42. The van der Waals surface area contributed by atoms with Crippen LogP contribution in [0.15, 0.2) is 106 Å². The largest absolute Gasteiger partial charge is 0.832 e. The summed E-state index contributed by atoms with van der Waals surface area (Å²) in [4.78, 5) is 4.08. The van der Waals surface area contributed by atoms with E-state index in [-0.39, 0.29) is 10.9 Å². The molecule has 0 radical (unpaired) electrons. The molecule has 4 aromatic rings. The Hall–Kier alpha value is -2.75. The second-order valence-corrected chi connectivity index (χ2v) is 9.16. The van der Waals surface area contributed by atoms with Crippen LogP contribution in [0.3, 0.4) is 0 Å². The zero-order valence-corrected chi connectivity index (χ0v) is 19.9. The molecule has 0 aliphatic heterocycles. The van der Waals surface area contributed by atoms with Crippen LogP contribution in [0.25, 0.3) is 0 Å². The summed E-state index contributed by atoms with van der Waals surface area (Å²) in [6, 6.07) is 32.2. The molecule has 0 amide bonds. The monoisotopic (exact) mass is 524 g/mol. The molecule has 1 unspecified atom stereocenters. The number of hydrogen-bond donors (Lipinski definition) is 2. The van der Waals surface area contributed by atoms with Crippen molar-refractivity contribution in [3.8, 4) is 0 Å². The Labute approximate surface area is 204 Å². The smallest absolute Gasteiger partial charge is 0.339 e. The molecule has 35 heavy (non-hydrogen) atoms. The van der Waals surface area contributed by atoms with Gasteiger partial charge in [0.05, 0.1) is 10.9 Å². The maximum Gasteiger partial charge on any atom is 0.339 e. The van der Waals surface area contributed by atoms with Crippen molar-refractivity contribution in [1.29, 1.82) is 0 Å². The summed E-state index contributed by atoms with van der Waals surface area (Å²) in [6.45, 7) is 0. The van der Waals surface area contributed by atoms with Gasteiger partial charge in [0.15, 0.2) is 38.0 Å². The van der Waals surface area contributed by atoms with Gasteiger partial charge in [-0.2, -0.15) is 0 Å². The summed E-state index contributed by atoms with van der Waals surface area (Å²) in [7, 11) is -0.992. The Balaban J connectivity index is 0.000000232. The lowest BCUT2D eigenvalue weighted by molar-refractivity contribution is -0.242. The molecule has 0 saturated carbocycles. The Morgan fingerprint density at radius 2 is 0.771 bits per heavy atom. The molecule has 4 rings (SSSR count). The average Bonchev–Trinajstić information content (AvgIpc) is 2.87. The van der Waals surface area contributed by atoms with Crippen molar-refractivity contribution in [1.82, 2.24) is 0 Å². The third-order valence-electron chi connectivity index (χ3n) is 4.18. The number of benzene rings is 4. The van der Waals surface area contributed by atoms with Crippen molar-refractivity contribution < 1.29 is 37.0 Å². The number of halogens is 5. The molecule has 0 aliphatic carbocycles. The van der Waals surface area contributed by atoms with Crippen molar-refractivity contribution in [2.75, 3.05) is 0 Å². The zero-order valence-electron chi connectivity index (χ0n) is 17.9. The highest BCUT2D eigenvalue weighted by Gasteiger charge is 2.27. The topological polar surface area (TPSA) is 63.5 Å². The lowest BCUT2D eigenvalue weighted by Crippen LogP contribution is -2.29. The van der Waals surface area contributed by atoms with E-state index in [9.17, 15) is 22.0 Å². The maximum absolute atomic E-state index is 12.4. The Kier molecular flexibility index (Phi) is 11.4. The van der Waals surface area contributed by atoms with Crippen molar-refractivity contribution >= 4 is 32.8 Å². The van der Waals surface area contributed by atoms with Crippen LogP contribution in [0.5, 0.6) is 0 Å². The van der Waals surface area contributed by atoms with Gasteiger partial charge in [-0.15, -0.1) is 0 Å². The summed E-state index contributed by atoms with van der Waals surface area (Å²) in [6.07, 6.45) is 0. The average molecular weight is 524 g/mol. The summed E-state index contributed by atoms with van der Waals surface area (Å²) in [5.41, 5.74) is 0. The fourth-order valence-corrected chi connectivity index (χ4v) is 5.06. The minimum absolute atomic E-state index is 0.0146. The predicted octanol–water partition coefficient (Wildman–Crippen LogP) is 3.98.